The zero-order chi connectivity index (χ0) is 15.2. The topological polar surface area (TPSA) is 85.4 Å². The van der Waals surface area contributed by atoms with Gasteiger partial charge in [0.2, 0.25) is 0 Å². The van der Waals surface area contributed by atoms with Crippen molar-refractivity contribution in [2.24, 2.45) is 0 Å². The van der Waals surface area contributed by atoms with E-state index in [1.165, 1.54) is 18.2 Å². The van der Waals surface area contributed by atoms with Crippen LogP contribution in [0.1, 0.15) is 11.1 Å². The normalized spacial score (nSPS) is 9.71. The third kappa shape index (κ3) is 3.48. The maximum atomic E-state index is 11.0. The molecule has 0 saturated heterocycles. The second-order valence-electron chi connectivity index (χ2n) is 4.19. The van der Waals surface area contributed by atoms with Gasteiger partial charge in [-0.3, -0.25) is 10.1 Å². The molecule has 0 saturated carbocycles. The monoisotopic (exact) mass is 284 g/mol. The highest BCUT2D eigenvalue weighted by Crippen LogP contribution is 2.28. The molecule has 2 aromatic rings. The SMILES string of the molecule is COc1cccc(COc2ccc(C#N)cc2[N+](=O)[O-])c1. The predicted molar refractivity (Wildman–Crippen MR) is 75.1 cm³/mol. The Morgan fingerprint density at radius 3 is 2.76 bits per heavy atom. The third-order valence-electron chi connectivity index (χ3n) is 2.81. The van der Waals surface area contributed by atoms with Gasteiger partial charge in [-0.25, -0.2) is 0 Å². The Hall–Kier alpha value is -3.07. The first-order chi connectivity index (χ1) is 10.1. The van der Waals surface area contributed by atoms with Gasteiger partial charge >= 0.3 is 5.69 Å². The van der Waals surface area contributed by atoms with Crippen LogP contribution in [0.15, 0.2) is 42.5 Å². The smallest absolute Gasteiger partial charge is 0.312 e. The fraction of sp³-hybridized carbons (Fsp3) is 0.133. The van der Waals surface area contributed by atoms with Crippen molar-refractivity contribution >= 4 is 5.69 Å². The van der Waals surface area contributed by atoms with Crippen molar-refractivity contribution < 1.29 is 14.4 Å². The number of hydrogen-bond donors (Lipinski definition) is 0. The second-order valence-corrected chi connectivity index (χ2v) is 4.19. The van der Waals surface area contributed by atoms with Gasteiger partial charge in [0.25, 0.3) is 0 Å². The highest BCUT2D eigenvalue weighted by molar-refractivity contribution is 5.51. The molecular formula is C15H12N2O4. The molecule has 0 N–H and O–H groups in total. The summed E-state index contributed by atoms with van der Waals surface area (Å²) in [4.78, 5) is 10.4. The number of methoxy groups -OCH3 is 1. The first-order valence-electron chi connectivity index (χ1n) is 6.08. The summed E-state index contributed by atoms with van der Waals surface area (Å²) in [6.45, 7) is 0.171. The van der Waals surface area contributed by atoms with E-state index in [1.54, 1.807) is 19.2 Å². The largest absolute Gasteiger partial charge is 0.497 e. The molecule has 2 aromatic carbocycles. The molecule has 2 rings (SSSR count). The van der Waals surface area contributed by atoms with Crippen molar-refractivity contribution in [1.29, 1.82) is 5.26 Å². The number of nitrogens with zero attached hydrogens (tertiary/aromatic N) is 2. The lowest BCUT2D eigenvalue weighted by molar-refractivity contribution is -0.386. The van der Waals surface area contributed by atoms with Crippen LogP contribution in [0.4, 0.5) is 5.69 Å². The standard InChI is InChI=1S/C15H12N2O4/c1-20-13-4-2-3-12(7-13)10-21-15-6-5-11(9-16)8-14(15)17(18)19/h2-8H,10H2,1H3. The molecule has 0 unspecified atom stereocenters. The molecule has 0 aliphatic heterocycles. The number of nitro groups is 1. The van der Waals surface area contributed by atoms with Crippen LogP contribution in [0.25, 0.3) is 0 Å². The molecule has 0 heterocycles. The Balaban J connectivity index is 2.19. The average molecular weight is 284 g/mol. The number of benzene rings is 2. The van der Waals surface area contributed by atoms with E-state index in [2.05, 4.69) is 0 Å². The average Bonchev–Trinajstić information content (AvgIpc) is 2.52. The summed E-state index contributed by atoms with van der Waals surface area (Å²) in [5, 5.41) is 19.8. The summed E-state index contributed by atoms with van der Waals surface area (Å²) >= 11 is 0. The highest BCUT2D eigenvalue weighted by Gasteiger charge is 2.16. The van der Waals surface area contributed by atoms with Gasteiger partial charge < -0.3 is 9.47 Å². The number of ether oxygens (including phenoxy) is 2. The molecular weight excluding hydrogens is 272 g/mol. The number of nitriles is 1. The predicted octanol–water partition coefficient (Wildman–Crippen LogP) is 3.05. The fourth-order valence-corrected chi connectivity index (χ4v) is 1.77. The molecule has 0 spiro atoms. The Morgan fingerprint density at radius 2 is 2.10 bits per heavy atom. The first-order valence-corrected chi connectivity index (χ1v) is 6.08. The van der Waals surface area contributed by atoms with Crippen LogP contribution >= 0.6 is 0 Å². The molecule has 0 amide bonds. The van der Waals surface area contributed by atoms with Crippen molar-refractivity contribution in [3.8, 4) is 17.6 Å². The first kappa shape index (κ1) is 14.3. The van der Waals surface area contributed by atoms with Gasteiger partial charge in [0.1, 0.15) is 12.4 Å². The van der Waals surface area contributed by atoms with E-state index in [4.69, 9.17) is 14.7 Å². The number of nitro benzene ring substituents is 1. The van der Waals surface area contributed by atoms with Gasteiger partial charge in [0.05, 0.1) is 23.7 Å². The molecule has 0 radical (unpaired) electrons. The third-order valence-corrected chi connectivity index (χ3v) is 2.81. The van der Waals surface area contributed by atoms with Gasteiger partial charge in [0.15, 0.2) is 5.75 Å². The van der Waals surface area contributed by atoms with E-state index < -0.39 is 4.92 Å². The van der Waals surface area contributed by atoms with Crippen LogP contribution in [0, 0.1) is 21.4 Å². The van der Waals surface area contributed by atoms with Crippen LogP contribution < -0.4 is 9.47 Å². The van der Waals surface area contributed by atoms with Crippen LogP contribution in [0.3, 0.4) is 0 Å². The minimum absolute atomic E-state index is 0.127. The Kier molecular flexibility index (Phi) is 4.36. The van der Waals surface area contributed by atoms with Gasteiger partial charge in [-0.1, -0.05) is 12.1 Å². The van der Waals surface area contributed by atoms with Crippen LogP contribution in [0.5, 0.6) is 11.5 Å². The van der Waals surface area contributed by atoms with Gasteiger partial charge in [-0.15, -0.1) is 0 Å². The minimum atomic E-state index is -0.568. The van der Waals surface area contributed by atoms with Gasteiger partial charge in [-0.2, -0.15) is 5.26 Å². The van der Waals surface area contributed by atoms with E-state index in [0.29, 0.717) is 5.75 Å². The summed E-state index contributed by atoms with van der Waals surface area (Å²) in [6, 6.07) is 13.2. The zero-order valence-corrected chi connectivity index (χ0v) is 11.3. The molecule has 0 aliphatic carbocycles. The molecule has 106 valence electrons. The molecule has 6 heteroatoms. The summed E-state index contributed by atoms with van der Waals surface area (Å²) in [7, 11) is 1.56. The van der Waals surface area contributed by atoms with E-state index in [1.807, 2.05) is 18.2 Å². The van der Waals surface area contributed by atoms with E-state index >= 15 is 0 Å². The minimum Gasteiger partial charge on any atom is -0.497 e. The fourth-order valence-electron chi connectivity index (χ4n) is 1.77. The number of rotatable bonds is 5. The van der Waals surface area contributed by atoms with Crippen molar-refractivity contribution in [2.75, 3.05) is 7.11 Å². The van der Waals surface area contributed by atoms with Crippen molar-refractivity contribution in [2.45, 2.75) is 6.61 Å². The lowest BCUT2D eigenvalue weighted by Gasteiger charge is -2.08. The molecule has 0 fully saturated rings. The van der Waals surface area contributed by atoms with E-state index in [-0.39, 0.29) is 23.6 Å². The quantitative estimate of drug-likeness (QED) is 0.622. The number of hydrogen-bond acceptors (Lipinski definition) is 5. The zero-order valence-electron chi connectivity index (χ0n) is 11.3. The van der Waals surface area contributed by atoms with E-state index in [9.17, 15) is 10.1 Å². The summed E-state index contributed by atoms with van der Waals surface area (Å²) in [6.07, 6.45) is 0. The van der Waals surface area contributed by atoms with Gasteiger partial charge in [0, 0.05) is 6.07 Å². The lowest BCUT2D eigenvalue weighted by Crippen LogP contribution is -2.00. The molecule has 6 nitrogen and oxygen atoms in total. The second kappa shape index (κ2) is 6.39. The molecule has 21 heavy (non-hydrogen) atoms. The van der Waals surface area contributed by atoms with Crippen LogP contribution in [-0.4, -0.2) is 12.0 Å². The molecule has 0 aromatic heterocycles. The Bertz CT molecular complexity index is 707. The summed E-state index contributed by atoms with van der Waals surface area (Å²) < 4.78 is 10.6. The van der Waals surface area contributed by atoms with Crippen LogP contribution in [0.2, 0.25) is 0 Å². The van der Waals surface area contributed by atoms with Crippen LogP contribution in [-0.2, 0) is 6.61 Å². The molecule has 0 atom stereocenters. The summed E-state index contributed by atoms with van der Waals surface area (Å²) in [5.74, 6) is 0.812. The highest BCUT2D eigenvalue weighted by atomic mass is 16.6. The Labute approximate surface area is 121 Å². The molecule has 0 bridgehead atoms. The Morgan fingerprint density at radius 1 is 1.29 bits per heavy atom. The maximum Gasteiger partial charge on any atom is 0.312 e. The lowest BCUT2D eigenvalue weighted by atomic mass is 10.2. The van der Waals surface area contributed by atoms with Crippen molar-refractivity contribution in [3.63, 3.8) is 0 Å². The molecule has 0 aliphatic rings. The van der Waals surface area contributed by atoms with Crippen molar-refractivity contribution in [1.82, 2.24) is 0 Å². The summed E-state index contributed by atoms with van der Waals surface area (Å²) in [5.41, 5.74) is 0.820. The van der Waals surface area contributed by atoms with E-state index in [0.717, 1.165) is 5.56 Å². The van der Waals surface area contributed by atoms with Gasteiger partial charge in [-0.05, 0) is 29.8 Å². The maximum absolute atomic E-state index is 11.0. The van der Waals surface area contributed by atoms with Crippen molar-refractivity contribution in [3.05, 3.63) is 63.7 Å².